The predicted octanol–water partition coefficient (Wildman–Crippen LogP) is 3.61. The highest BCUT2D eigenvalue weighted by Gasteiger charge is 2.26. The number of rotatable bonds is 13. The lowest BCUT2D eigenvalue weighted by Crippen LogP contribution is -2.48. The molecule has 2 saturated heterocycles. The van der Waals surface area contributed by atoms with Crippen LogP contribution in [0.5, 0.6) is 0 Å². The first-order valence-corrected chi connectivity index (χ1v) is 15.1. The molecular weight excluding hydrogens is 613 g/mol. The molecule has 2 aliphatic heterocycles. The number of carbonyl (C=O) groups excluding carboxylic acids is 2. The van der Waals surface area contributed by atoms with Crippen LogP contribution in [0.25, 0.3) is 11.1 Å². The van der Waals surface area contributed by atoms with E-state index in [-0.39, 0.29) is 49.8 Å². The molecule has 2 aliphatic rings. The molecule has 2 aromatic carbocycles. The minimum atomic E-state index is -0.958. The molecule has 0 spiro atoms. The van der Waals surface area contributed by atoms with E-state index in [0.717, 1.165) is 25.0 Å². The average Bonchev–Trinajstić information content (AvgIpc) is 3.06. The summed E-state index contributed by atoms with van der Waals surface area (Å²) in [4.78, 5) is 40.3. The van der Waals surface area contributed by atoms with Gasteiger partial charge >= 0.3 is 12.1 Å². The summed E-state index contributed by atoms with van der Waals surface area (Å²) in [6.07, 6.45) is 4.65. The maximum Gasteiger partial charge on any atom is 0.414 e. The summed E-state index contributed by atoms with van der Waals surface area (Å²) in [6.45, 7) is 1.78. The third kappa shape index (κ3) is 9.67. The molecule has 1 amide bonds. The Morgan fingerprint density at radius 3 is 2.57 bits per heavy atom. The van der Waals surface area contributed by atoms with Gasteiger partial charge in [0.1, 0.15) is 25.6 Å². The van der Waals surface area contributed by atoms with Gasteiger partial charge in [-0.15, -0.1) is 0 Å². The number of guanidine groups is 1. The van der Waals surface area contributed by atoms with Gasteiger partial charge in [0.25, 0.3) is 0 Å². The molecule has 15 heteroatoms. The number of hydrogen-bond donors (Lipinski definition) is 3. The predicted molar refractivity (Wildman–Crippen MR) is 168 cm³/mol. The van der Waals surface area contributed by atoms with E-state index in [2.05, 4.69) is 15.1 Å². The van der Waals surface area contributed by atoms with E-state index in [1.54, 1.807) is 36.4 Å². The van der Waals surface area contributed by atoms with Crippen molar-refractivity contribution in [1.82, 2.24) is 15.3 Å². The maximum absolute atomic E-state index is 15.1. The van der Waals surface area contributed by atoms with Gasteiger partial charge in [0.2, 0.25) is 5.95 Å². The Balaban J connectivity index is 1.11. The molecule has 2 fully saturated rings. The highest BCUT2D eigenvalue weighted by molar-refractivity contribution is 5.98. The lowest BCUT2D eigenvalue weighted by Gasteiger charge is -2.32. The number of esters is 1. The molecule has 2 unspecified atom stereocenters. The summed E-state index contributed by atoms with van der Waals surface area (Å²) >= 11 is 0. The Bertz CT molecular complexity index is 1550. The number of hydrogen-bond acceptors (Lipinski definition) is 12. The Hall–Kier alpha value is -5.15. The van der Waals surface area contributed by atoms with Crippen molar-refractivity contribution in [2.24, 2.45) is 16.8 Å². The highest BCUT2D eigenvalue weighted by Crippen LogP contribution is 2.26. The van der Waals surface area contributed by atoms with Gasteiger partial charge in [-0.05, 0) is 31.4 Å². The number of aromatic nitrogens is 2. The summed E-state index contributed by atoms with van der Waals surface area (Å²) in [5.41, 5.74) is 7.16. The van der Waals surface area contributed by atoms with Gasteiger partial charge in [-0.3, -0.25) is 10.7 Å². The molecule has 5 rings (SSSR count). The van der Waals surface area contributed by atoms with Crippen molar-refractivity contribution in [2.45, 2.75) is 32.2 Å². The number of alkyl carbamates (subject to hydrolysis) is 1. The van der Waals surface area contributed by atoms with Crippen LogP contribution in [0.3, 0.4) is 0 Å². The van der Waals surface area contributed by atoms with Crippen molar-refractivity contribution in [2.75, 3.05) is 44.4 Å². The van der Waals surface area contributed by atoms with Gasteiger partial charge in [0.15, 0.2) is 12.2 Å². The largest absolute Gasteiger partial charge is 0.462 e. The minimum Gasteiger partial charge on any atom is -0.462 e. The Kier molecular flexibility index (Phi) is 11.6. The van der Waals surface area contributed by atoms with Crippen LogP contribution >= 0.6 is 0 Å². The second-order valence-corrected chi connectivity index (χ2v) is 10.9. The third-order valence-electron chi connectivity index (χ3n) is 7.27. The van der Waals surface area contributed by atoms with E-state index in [4.69, 9.17) is 34.9 Å². The van der Waals surface area contributed by atoms with Crippen molar-refractivity contribution in [1.29, 1.82) is 5.41 Å². The van der Waals surface area contributed by atoms with E-state index < -0.39 is 23.8 Å². The number of nitrogens with one attached hydrogen (secondary N) is 2. The molecule has 0 bridgehead atoms. The van der Waals surface area contributed by atoms with E-state index in [1.807, 2.05) is 16.3 Å². The van der Waals surface area contributed by atoms with E-state index >= 15 is 4.39 Å². The van der Waals surface area contributed by atoms with Crippen LogP contribution < -0.4 is 16.0 Å². The van der Waals surface area contributed by atoms with Crippen LogP contribution in [0.15, 0.2) is 66.1 Å². The second kappa shape index (κ2) is 16.4. The molecular formula is C32H36FN7O7. The van der Waals surface area contributed by atoms with Crippen LogP contribution in [0.4, 0.5) is 15.1 Å². The first-order chi connectivity index (χ1) is 22.9. The minimum absolute atomic E-state index is 0.101. The fourth-order valence-corrected chi connectivity index (χ4v) is 4.74. The normalized spacial score (nSPS) is 16.4. The zero-order valence-electron chi connectivity index (χ0n) is 25.6. The van der Waals surface area contributed by atoms with Crippen LogP contribution in [0, 0.1) is 17.1 Å². The van der Waals surface area contributed by atoms with E-state index in [1.165, 1.54) is 18.5 Å². The average molecular weight is 650 g/mol. The van der Waals surface area contributed by atoms with Crippen LogP contribution in [-0.4, -0.2) is 79.5 Å². The summed E-state index contributed by atoms with van der Waals surface area (Å²) in [7, 11) is 0. The molecule has 0 saturated carbocycles. The fourth-order valence-electron chi connectivity index (χ4n) is 4.74. The summed E-state index contributed by atoms with van der Waals surface area (Å²) in [6, 6.07) is 13.5. The van der Waals surface area contributed by atoms with Gasteiger partial charge in [-0.1, -0.05) is 41.6 Å². The Morgan fingerprint density at radius 1 is 1.06 bits per heavy atom. The lowest BCUT2D eigenvalue weighted by atomic mass is 10.1. The molecule has 0 aliphatic carbocycles. The standard InChI is InChI=1S/C32H36FN7O7/c33-28-23(20-46-32(42)38-30(34)35)9-6-10-26(28)24-13-36-31(37-14-24)40-15-25(16-40)39-47-19-21(17-44-27-11-4-5-12-43-27)18-45-29(41)22-7-2-1-3-8-22/h1-3,6-10,13-14,21,27H,4-5,11-12,15-20H2,(H4,34,35,38,42). The molecule has 3 heterocycles. The first kappa shape index (κ1) is 33.2. The highest BCUT2D eigenvalue weighted by atomic mass is 19.1. The Morgan fingerprint density at radius 2 is 1.85 bits per heavy atom. The molecule has 1 aromatic heterocycles. The topological polar surface area (TPSA) is 184 Å². The van der Waals surface area contributed by atoms with Gasteiger partial charge in [-0.25, -0.2) is 23.9 Å². The van der Waals surface area contributed by atoms with Gasteiger partial charge < -0.3 is 34.4 Å². The molecule has 14 nitrogen and oxygen atoms in total. The summed E-state index contributed by atoms with van der Waals surface area (Å²) in [5.74, 6) is -1.39. The number of anilines is 1. The zero-order chi connectivity index (χ0) is 33.0. The number of nitrogens with two attached hydrogens (primary N) is 1. The molecule has 47 heavy (non-hydrogen) atoms. The van der Waals surface area contributed by atoms with Crippen LogP contribution in [-0.2, 0) is 30.4 Å². The van der Waals surface area contributed by atoms with Crippen LogP contribution in [0.1, 0.15) is 35.2 Å². The SMILES string of the molecule is N=C(N)NC(=O)OCc1cccc(-c2cnc(N3CC(=NOCC(COC(=O)c4ccccc4)COC4CCCCO4)C3)nc2)c1F. The summed E-state index contributed by atoms with van der Waals surface area (Å²) < 4.78 is 37.1. The monoisotopic (exact) mass is 649 g/mol. The number of nitrogens with zero attached hydrogens (tertiary/aromatic N) is 4. The van der Waals surface area contributed by atoms with Crippen molar-refractivity contribution in [3.05, 3.63) is 77.9 Å². The second-order valence-electron chi connectivity index (χ2n) is 10.9. The van der Waals surface area contributed by atoms with Gasteiger partial charge in [-0.2, -0.15) is 0 Å². The van der Waals surface area contributed by atoms with Crippen molar-refractivity contribution in [3.8, 4) is 11.1 Å². The zero-order valence-corrected chi connectivity index (χ0v) is 25.6. The third-order valence-corrected chi connectivity index (χ3v) is 7.27. The van der Waals surface area contributed by atoms with E-state index in [0.29, 0.717) is 36.8 Å². The van der Waals surface area contributed by atoms with Gasteiger partial charge in [0, 0.05) is 35.7 Å². The van der Waals surface area contributed by atoms with Crippen molar-refractivity contribution in [3.63, 3.8) is 0 Å². The number of ether oxygens (including phenoxy) is 4. The number of carbonyl (C=O) groups is 2. The molecule has 4 N–H and O–H groups in total. The molecule has 2 atom stereocenters. The molecule has 248 valence electrons. The molecule has 3 aromatic rings. The first-order valence-electron chi connectivity index (χ1n) is 15.1. The molecule has 0 radical (unpaired) electrons. The van der Waals surface area contributed by atoms with Crippen molar-refractivity contribution < 1.29 is 37.8 Å². The number of halogens is 1. The smallest absolute Gasteiger partial charge is 0.414 e. The number of oxime groups is 1. The lowest BCUT2D eigenvalue weighted by molar-refractivity contribution is -0.173. The summed E-state index contributed by atoms with van der Waals surface area (Å²) in [5, 5.41) is 13.3. The number of amides is 1. The fraction of sp³-hybridized carbons (Fsp3) is 0.375. The number of benzene rings is 2. The van der Waals surface area contributed by atoms with Crippen LogP contribution in [0.2, 0.25) is 0 Å². The van der Waals surface area contributed by atoms with E-state index in [9.17, 15) is 9.59 Å². The van der Waals surface area contributed by atoms with Gasteiger partial charge in [0.05, 0.1) is 36.9 Å². The maximum atomic E-state index is 15.1. The quantitative estimate of drug-likeness (QED) is 0.106. The van der Waals surface area contributed by atoms with Crippen molar-refractivity contribution >= 4 is 29.7 Å². The Labute approximate surface area is 270 Å².